The number of rotatable bonds is 4. The van der Waals surface area contributed by atoms with Crippen molar-refractivity contribution in [3.63, 3.8) is 0 Å². The molecule has 1 atom stereocenters. The molecule has 1 aliphatic heterocycles. The van der Waals surface area contributed by atoms with E-state index in [1.54, 1.807) is 0 Å². The SMILES string of the molecule is Cc1nn(Cc2ccccc2)c(Cl)c1CN1CC(=O)NC(C)C1. The lowest BCUT2D eigenvalue weighted by atomic mass is 10.2. The van der Waals surface area contributed by atoms with Crippen molar-refractivity contribution in [2.24, 2.45) is 0 Å². The van der Waals surface area contributed by atoms with Gasteiger partial charge in [-0.15, -0.1) is 0 Å². The third-order valence-electron chi connectivity index (χ3n) is 4.05. The van der Waals surface area contributed by atoms with E-state index in [4.69, 9.17) is 11.6 Å². The first kappa shape index (κ1) is 16.0. The van der Waals surface area contributed by atoms with Crippen LogP contribution in [0.4, 0.5) is 0 Å². The number of halogens is 1. The smallest absolute Gasteiger partial charge is 0.234 e. The van der Waals surface area contributed by atoms with E-state index < -0.39 is 0 Å². The van der Waals surface area contributed by atoms with Crippen LogP contribution in [0.2, 0.25) is 5.15 Å². The summed E-state index contributed by atoms with van der Waals surface area (Å²) < 4.78 is 1.83. The quantitative estimate of drug-likeness (QED) is 0.934. The van der Waals surface area contributed by atoms with Gasteiger partial charge in [0.05, 0.1) is 18.8 Å². The molecule has 122 valence electrons. The maximum absolute atomic E-state index is 11.7. The minimum Gasteiger partial charge on any atom is -0.351 e. The number of aromatic nitrogens is 2. The molecule has 1 unspecified atom stereocenters. The highest BCUT2D eigenvalue weighted by Crippen LogP contribution is 2.23. The summed E-state index contributed by atoms with van der Waals surface area (Å²) in [4.78, 5) is 13.8. The molecule has 5 nitrogen and oxygen atoms in total. The molecule has 0 spiro atoms. The molecule has 0 aliphatic carbocycles. The van der Waals surface area contributed by atoms with E-state index >= 15 is 0 Å². The zero-order valence-corrected chi connectivity index (χ0v) is 14.2. The molecule has 0 bridgehead atoms. The van der Waals surface area contributed by atoms with Crippen molar-refractivity contribution in [2.45, 2.75) is 33.0 Å². The third-order valence-corrected chi connectivity index (χ3v) is 4.47. The molecule has 1 saturated heterocycles. The highest BCUT2D eigenvalue weighted by atomic mass is 35.5. The lowest BCUT2D eigenvalue weighted by Gasteiger charge is -2.31. The lowest BCUT2D eigenvalue weighted by molar-refractivity contribution is -0.125. The van der Waals surface area contributed by atoms with E-state index in [0.717, 1.165) is 23.4 Å². The molecular weight excluding hydrogens is 312 g/mol. The average Bonchev–Trinajstić information content (AvgIpc) is 2.75. The Labute approximate surface area is 141 Å². The summed E-state index contributed by atoms with van der Waals surface area (Å²) in [5.41, 5.74) is 3.09. The average molecular weight is 333 g/mol. The molecule has 1 aliphatic rings. The minimum absolute atomic E-state index is 0.0641. The first-order chi connectivity index (χ1) is 11.0. The van der Waals surface area contributed by atoms with Gasteiger partial charge in [-0.05, 0) is 19.4 Å². The molecule has 1 aromatic carbocycles. The van der Waals surface area contributed by atoms with E-state index in [0.29, 0.717) is 24.8 Å². The normalized spacial score (nSPS) is 18.9. The number of aryl methyl sites for hydroxylation is 1. The number of hydrogen-bond donors (Lipinski definition) is 1. The number of piperazine rings is 1. The van der Waals surface area contributed by atoms with Crippen LogP contribution >= 0.6 is 11.6 Å². The first-order valence-corrected chi connectivity index (χ1v) is 8.18. The van der Waals surface area contributed by atoms with Crippen LogP contribution < -0.4 is 5.32 Å². The van der Waals surface area contributed by atoms with Gasteiger partial charge in [0.25, 0.3) is 0 Å². The fourth-order valence-corrected chi connectivity index (χ4v) is 3.29. The number of amides is 1. The van der Waals surface area contributed by atoms with Gasteiger partial charge in [0.15, 0.2) is 0 Å². The topological polar surface area (TPSA) is 50.2 Å². The van der Waals surface area contributed by atoms with Gasteiger partial charge in [0.2, 0.25) is 5.91 Å². The van der Waals surface area contributed by atoms with Crippen LogP contribution in [0.25, 0.3) is 0 Å². The van der Waals surface area contributed by atoms with Gasteiger partial charge in [-0.1, -0.05) is 41.9 Å². The van der Waals surface area contributed by atoms with Crippen LogP contribution in [0.15, 0.2) is 30.3 Å². The van der Waals surface area contributed by atoms with E-state index in [1.807, 2.05) is 36.7 Å². The van der Waals surface area contributed by atoms with Crippen molar-refractivity contribution in [2.75, 3.05) is 13.1 Å². The Morgan fingerprint density at radius 1 is 1.30 bits per heavy atom. The number of nitrogens with one attached hydrogen (secondary N) is 1. The number of carbonyl (C=O) groups is 1. The second kappa shape index (κ2) is 6.72. The molecule has 23 heavy (non-hydrogen) atoms. The molecular formula is C17H21ClN4O. The summed E-state index contributed by atoms with van der Waals surface area (Å²) in [6.07, 6.45) is 0. The second-order valence-corrected chi connectivity index (χ2v) is 6.49. The summed E-state index contributed by atoms with van der Waals surface area (Å²) in [6.45, 7) is 6.51. The van der Waals surface area contributed by atoms with Crippen LogP contribution in [0.5, 0.6) is 0 Å². The van der Waals surface area contributed by atoms with Crippen LogP contribution in [0.3, 0.4) is 0 Å². The summed E-state index contributed by atoms with van der Waals surface area (Å²) in [7, 11) is 0. The van der Waals surface area contributed by atoms with Gasteiger partial charge in [0.1, 0.15) is 5.15 Å². The van der Waals surface area contributed by atoms with Crippen LogP contribution in [0.1, 0.15) is 23.7 Å². The van der Waals surface area contributed by atoms with Crippen LogP contribution in [-0.2, 0) is 17.9 Å². The maximum Gasteiger partial charge on any atom is 0.234 e. The molecule has 2 heterocycles. The Kier molecular flexibility index (Phi) is 4.68. The molecule has 2 aromatic rings. The van der Waals surface area contributed by atoms with Gasteiger partial charge in [0, 0.05) is 24.7 Å². The molecule has 1 aromatic heterocycles. The lowest BCUT2D eigenvalue weighted by Crippen LogP contribution is -2.52. The highest BCUT2D eigenvalue weighted by Gasteiger charge is 2.24. The number of hydrogen-bond acceptors (Lipinski definition) is 3. The largest absolute Gasteiger partial charge is 0.351 e. The van der Waals surface area contributed by atoms with Gasteiger partial charge in [-0.3, -0.25) is 9.69 Å². The molecule has 0 saturated carbocycles. The van der Waals surface area contributed by atoms with Gasteiger partial charge in [-0.2, -0.15) is 5.10 Å². The third kappa shape index (κ3) is 3.74. The van der Waals surface area contributed by atoms with Crippen molar-refractivity contribution in [3.8, 4) is 0 Å². The van der Waals surface area contributed by atoms with Crippen molar-refractivity contribution in [3.05, 3.63) is 52.3 Å². The summed E-state index contributed by atoms with van der Waals surface area (Å²) in [6, 6.07) is 10.3. The Morgan fingerprint density at radius 2 is 2.04 bits per heavy atom. The van der Waals surface area contributed by atoms with Crippen molar-refractivity contribution in [1.82, 2.24) is 20.0 Å². The number of benzene rings is 1. The van der Waals surface area contributed by atoms with E-state index in [-0.39, 0.29) is 11.9 Å². The van der Waals surface area contributed by atoms with Crippen LogP contribution in [0, 0.1) is 6.92 Å². The predicted molar refractivity (Wildman–Crippen MR) is 90.4 cm³/mol. The fraction of sp³-hybridized carbons (Fsp3) is 0.412. The predicted octanol–water partition coefficient (Wildman–Crippen LogP) is 2.21. The zero-order chi connectivity index (χ0) is 16.4. The second-order valence-electron chi connectivity index (χ2n) is 6.14. The molecule has 3 rings (SSSR count). The summed E-state index contributed by atoms with van der Waals surface area (Å²) in [5, 5.41) is 8.15. The number of nitrogens with zero attached hydrogens (tertiary/aromatic N) is 3. The Hall–Kier alpha value is -1.85. The Bertz CT molecular complexity index is 698. The van der Waals surface area contributed by atoms with E-state index in [2.05, 4.69) is 27.4 Å². The fourth-order valence-electron chi connectivity index (χ4n) is 3.00. The summed E-state index contributed by atoms with van der Waals surface area (Å²) >= 11 is 6.54. The first-order valence-electron chi connectivity index (χ1n) is 7.80. The standard InChI is InChI=1S/C17H21ClN4O/c1-12-8-21(11-16(23)19-12)10-15-13(2)20-22(17(15)18)9-14-6-4-3-5-7-14/h3-7,12H,8-11H2,1-2H3,(H,19,23). The highest BCUT2D eigenvalue weighted by molar-refractivity contribution is 6.30. The van der Waals surface area contributed by atoms with Crippen molar-refractivity contribution < 1.29 is 4.79 Å². The molecule has 6 heteroatoms. The molecule has 1 fully saturated rings. The zero-order valence-electron chi connectivity index (χ0n) is 13.4. The molecule has 1 N–H and O–H groups in total. The van der Waals surface area contributed by atoms with Gasteiger partial charge in [-0.25, -0.2) is 4.68 Å². The molecule has 1 amide bonds. The van der Waals surface area contributed by atoms with E-state index in [9.17, 15) is 4.79 Å². The van der Waals surface area contributed by atoms with E-state index in [1.165, 1.54) is 0 Å². The van der Waals surface area contributed by atoms with Gasteiger partial charge >= 0.3 is 0 Å². The number of carbonyl (C=O) groups excluding carboxylic acids is 1. The monoisotopic (exact) mass is 332 g/mol. The van der Waals surface area contributed by atoms with Crippen molar-refractivity contribution >= 4 is 17.5 Å². The Morgan fingerprint density at radius 3 is 2.74 bits per heavy atom. The summed E-state index contributed by atoms with van der Waals surface area (Å²) in [5.74, 6) is 0.0641. The molecule has 0 radical (unpaired) electrons. The van der Waals surface area contributed by atoms with Gasteiger partial charge < -0.3 is 5.32 Å². The minimum atomic E-state index is 0.0641. The van der Waals surface area contributed by atoms with Crippen molar-refractivity contribution in [1.29, 1.82) is 0 Å². The Balaban J connectivity index is 1.77. The van der Waals surface area contributed by atoms with Crippen LogP contribution in [-0.4, -0.2) is 39.7 Å². The maximum atomic E-state index is 11.7.